The molecule has 1 atom stereocenters. The fourth-order valence-electron chi connectivity index (χ4n) is 2.33. The molecule has 0 bridgehead atoms. The third kappa shape index (κ3) is 6.02. The number of hydrogen-bond acceptors (Lipinski definition) is 4. The van der Waals surface area contributed by atoms with Crippen LogP contribution in [0.4, 0.5) is 10.5 Å². The number of nitrogens with one attached hydrogen (secondary N) is 3. The second-order valence-corrected chi connectivity index (χ2v) is 8.32. The molecule has 138 valence electrons. The molecular formula is C16H24N4O4S. The standard InChI is InChI=1S/C16H24N4O4S/c1-10(2)8-14(19-16(17)22)15(21)18-12-4-3-5-13(9-12)25(23,24)20-11-6-7-11/h3-5,9-11,14,20H,6-8H2,1-2H3,(H,18,21)(H3,17,19,22). The summed E-state index contributed by atoms with van der Waals surface area (Å²) >= 11 is 0. The van der Waals surface area contributed by atoms with Crippen LogP contribution in [-0.4, -0.2) is 32.4 Å². The van der Waals surface area contributed by atoms with Gasteiger partial charge in [-0.1, -0.05) is 19.9 Å². The van der Waals surface area contributed by atoms with Gasteiger partial charge in [0.05, 0.1) is 4.90 Å². The number of sulfonamides is 1. The molecule has 0 heterocycles. The van der Waals surface area contributed by atoms with E-state index >= 15 is 0 Å². The lowest BCUT2D eigenvalue weighted by Gasteiger charge is -2.19. The Bertz CT molecular complexity index is 744. The van der Waals surface area contributed by atoms with Gasteiger partial charge in [0.1, 0.15) is 6.04 Å². The van der Waals surface area contributed by atoms with Crippen molar-refractivity contribution in [3.05, 3.63) is 24.3 Å². The van der Waals surface area contributed by atoms with E-state index in [1.165, 1.54) is 12.1 Å². The summed E-state index contributed by atoms with van der Waals surface area (Å²) in [4.78, 5) is 23.6. The molecule has 25 heavy (non-hydrogen) atoms. The maximum Gasteiger partial charge on any atom is 0.312 e. The minimum atomic E-state index is -3.60. The summed E-state index contributed by atoms with van der Waals surface area (Å²) in [5, 5.41) is 5.04. The summed E-state index contributed by atoms with van der Waals surface area (Å²) in [5.74, 6) is -0.283. The molecule has 5 N–H and O–H groups in total. The molecule has 0 saturated heterocycles. The molecular weight excluding hydrogens is 344 g/mol. The monoisotopic (exact) mass is 368 g/mol. The van der Waals surface area contributed by atoms with Gasteiger partial charge in [-0.2, -0.15) is 0 Å². The zero-order chi connectivity index (χ0) is 18.6. The lowest BCUT2D eigenvalue weighted by molar-refractivity contribution is -0.118. The molecule has 9 heteroatoms. The molecule has 1 saturated carbocycles. The van der Waals surface area contributed by atoms with E-state index in [1.54, 1.807) is 12.1 Å². The molecule has 3 amide bonds. The van der Waals surface area contributed by atoms with Crippen LogP contribution >= 0.6 is 0 Å². The number of urea groups is 1. The van der Waals surface area contributed by atoms with Gasteiger partial charge in [0.25, 0.3) is 0 Å². The number of rotatable bonds is 8. The van der Waals surface area contributed by atoms with Crippen LogP contribution in [-0.2, 0) is 14.8 Å². The molecule has 0 aromatic heterocycles. The van der Waals surface area contributed by atoms with Crippen LogP contribution in [0.5, 0.6) is 0 Å². The quantitative estimate of drug-likeness (QED) is 0.548. The number of anilines is 1. The third-order valence-electron chi connectivity index (χ3n) is 3.65. The Labute approximate surface area is 147 Å². The Kier molecular flexibility index (Phi) is 6.02. The summed E-state index contributed by atoms with van der Waals surface area (Å²) < 4.78 is 27.1. The van der Waals surface area contributed by atoms with Crippen LogP contribution in [0.1, 0.15) is 33.1 Å². The predicted octanol–water partition coefficient (Wildman–Crippen LogP) is 1.15. The fourth-order valence-corrected chi connectivity index (χ4v) is 3.68. The van der Waals surface area contributed by atoms with Gasteiger partial charge in [-0.25, -0.2) is 17.9 Å². The SMILES string of the molecule is CC(C)CC(NC(N)=O)C(=O)Nc1cccc(S(=O)(=O)NC2CC2)c1. The van der Waals surface area contributed by atoms with E-state index in [4.69, 9.17) is 5.73 Å². The van der Waals surface area contributed by atoms with E-state index in [9.17, 15) is 18.0 Å². The topological polar surface area (TPSA) is 130 Å². The summed E-state index contributed by atoms with van der Waals surface area (Å²) in [6.07, 6.45) is 2.09. The van der Waals surface area contributed by atoms with E-state index in [0.29, 0.717) is 12.1 Å². The Balaban J connectivity index is 2.11. The highest BCUT2D eigenvalue weighted by molar-refractivity contribution is 7.89. The molecule has 1 aliphatic rings. The van der Waals surface area contributed by atoms with E-state index < -0.39 is 28.0 Å². The number of carbonyl (C=O) groups is 2. The number of nitrogens with two attached hydrogens (primary N) is 1. The first-order valence-corrected chi connectivity index (χ1v) is 9.65. The molecule has 8 nitrogen and oxygen atoms in total. The van der Waals surface area contributed by atoms with Crippen LogP contribution < -0.4 is 21.1 Å². The third-order valence-corrected chi connectivity index (χ3v) is 5.17. The number of primary amides is 1. The van der Waals surface area contributed by atoms with Crippen molar-refractivity contribution >= 4 is 27.6 Å². The lowest BCUT2D eigenvalue weighted by atomic mass is 10.0. The molecule has 1 fully saturated rings. The van der Waals surface area contributed by atoms with Crippen molar-refractivity contribution in [1.82, 2.24) is 10.0 Å². The van der Waals surface area contributed by atoms with Crippen LogP contribution in [0.2, 0.25) is 0 Å². The first-order chi connectivity index (χ1) is 11.7. The minimum absolute atomic E-state index is 0.00145. The maximum absolute atomic E-state index is 12.4. The zero-order valence-electron chi connectivity index (χ0n) is 14.3. The van der Waals surface area contributed by atoms with Crippen molar-refractivity contribution in [2.24, 2.45) is 11.7 Å². The van der Waals surface area contributed by atoms with Gasteiger partial charge in [-0.15, -0.1) is 0 Å². The van der Waals surface area contributed by atoms with Gasteiger partial charge in [0, 0.05) is 11.7 Å². The van der Waals surface area contributed by atoms with Crippen LogP contribution in [0.25, 0.3) is 0 Å². The summed E-state index contributed by atoms with van der Waals surface area (Å²) in [6.45, 7) is 3.83. The molecule has 0 spiro atoms. The zero-order valence-corrected chi connectivity index (χ0v) is 15.1. The van der Waals surface area contributed by atoms with Crippen molar-refractivity contribution in [1.29, 1.82) is 0 Å². The van der Waals surface area contributed by atoms with Gasteiger partial charge >= 0.3 is 6.03 Å². The van der Waals surface area contributed by atoms with Gasteiger partial charge in [0.15, 0.2) is 0 Å². The lowest BCUT2D eigenvalue weighted by Crippen LogP contribution is -2.46. The molecule has 1 aromatic carbocycles. The normalized spacial score (nSPS) is 15.6. The highest BCUT2D eigenvalue weighted by Crippen LogP contribution is 2.23. The fraction of sp³-hybridized carbons (Fsp3) is 0.500. The Hall–Kier alpha value is -2.13. The largest absolute Gasteiger partial charge is 0.352 e. The van der Waals surface area contributed by atoms with Crippen LogP contribution in [0.3, 0.4) is 0 Å². The molecule has 0 aliphatic heterocycles. The van der Waals surface area contributed by atoms with Gasteiger partial charge in [-0.05, 0) is 43.4 Å². The van der Waals surface area contributed by atoms with Crippen LogP contribution in [0.15, 0.2) is 29.2 Å². The molecule has 2 rings (SSSR count). The van der Waals surface area contributed by atoms with E-state index in [2.05, 4.69) is 15.4 Å². The van der Waals surface area contributed by atoms with Crippen LogP contribution in [0, 0.1) is 5.92 Å². The van der Waals surface area contributed by atoms with E-state index in [1.807, 2.05) is 13.8 Å². The van der Waals surface area contributed by atoms with Gasteiger partial charge < -0.3 is 16.4 Å². The van der Waals surface area contributed by atoms with Crippen molar-refractivity contribution < 1.29 is 18.0 Å². The van der Waals surface area contributed by atoms with Gasteiger partial charge in [0.2, 0.25) is 15.9 Å². The predicted molar refractivity (Wildman–Crippen MR) is 94.4 cm³/mol. The highest BCUT2D eigenvalue weighted by Gasteiger charge is 2.28. The summed E-state index contributed by atoms with van der Waals surface area (Å²) in [5.41, 5.74) is 5.45. The summed E-state index contributed by atoms with van der Waals surface area (Å²) in [7, 11) is -3.60. The highest BCUT2D eigenvalue weighted by atomic mass is 32.2. The van der Waals surface area contributed by atoms with Crippen molar-refractivity contribution in [2.45, 2.75) is 50.1 Å². The first kappa shape index (κ1) is 19.2. The molecule has 0 radical (unpaired) electrons. The average molecular weight is 368 g/mol. The van der Waals surface area contributed by atoms with Crippen molar-refractivity contribution in [3.8, 4) is 0 Å². The maximum atomic E-state index is 12.4. The van der Waals surface area contributed by atoms with E-state index in [-0.39, 0.29) is 16.9 Å². The van der Waals surface area contributed by atoms with Crippen molar-refractivity contribution in [3.63, 3.8) is 0 Å². The second-order valence-electron chi connectivity index (χ2n) is 6.60. The average Bonchev–Trinajstić information content (AvgIpc) is 3.29. The second kappa shape index (κ2) is 7.83. The van der Waals surface area contributed by atoms with Crippen molar-refractivity contribution in [2.75, 3.05) is 5.32 Å². The molecule has 1 aromatic rings. The number of carbonyl (C=O) groups excluding carboxylic acids is 2. The van der Waals surface area contributed by atoms with E-state index in [0.717, 1.165) is 12.8 Å². The number of benzene rings is 1. The molecule has 1 unspecified atom stereocenters. The smallest absolute Gasteiger partial charge is 0.312 e. The number of amides is 3. The minimum Gasteiger partial charge on any atom is -0.352 e. The summed E-state index contributed by atoms with van der Waals surface area (Å²) in [6, 6.07) is 4.42. The Morgan fingerprint density at radius 3 is 2.52 bits per heavy atom. The Morgan fingerprint density at radius 1 is 1.28 bits per heavy atom. The molecule has 1 aliphatic carbocycles. The first-order valence-electron chi connectivity index (χ1n) is 8.16. The number of hydrogen-bond donors (Lipinski definition) is 4. The van der Waals surface area contributed by atoms with Gasteiger partial charge in [-0.3, -0.25) is 4.79 Å². The Morgan fingerprint density at radius 2 is 1.96 bits per heavy atom.